The minimum Gasteiger partial charge on any atom is -0.206 e. The average molecular weight is 362 g/mol. The van der Waals surface area contributed by atoms with E-state index in [0.29, 0.717) is 12.0 Å². The van der Waals surface area contributed by atoms with E-state index >= 15 is 0 Å². The summed E-state index contributed by atoms with van der Waals surface area (Å²) in [5, 5.41) is 0. The lowest BCUT2D eigenvalue weighted by atomic mass is 9.87. The highest BCUT2D eigenvalue weighted by Crippen LogP contribution is 2.34. The van der Waals surface area contributed by atoms with Gasteiger partial charge in [-0.25, -0.2) is 17.6 Å². The van der Waals surface area contributed by atoms with Crippen molar-refractivity contribution in [2.24, 2.45) is 0 Å². The number of allylic oxidation sites excluding steroid dienone is 1. The first-order valence-electron chi connectivity index (χ1n) is 9.17. The Morgan fingerprint density at radius 3 is 2.27 bits per heavy atom. The molecule has 0 heterocycles. The topological polar surface area (TPSA) is 0 Å². The fourth-order valence-corrected chi connectivity index (χ4v) is 3.51. The summed E-state index contributed by atoms with van der Waals surface area (Å²) in [6.45, 7) is 2.18. The smallest absolute Gasteiger partial charge is 0.194 e. The van der Waals surface area contributed by atoms with Crippen molar-refractivity contribution in [3.8, 4) is 11.1 Å². The summed E-state index contributed by atoms with van der Waals surface area (Å²) >= 11 is 0. The van der Waals surface area contributed by atoms with Crippen LogP contribution in [0.15, 0.2) is 29.8 Å². The summed E-state index contributed by atoms with van der Waals surface area (Å²) in [5.74, 6) is -4.64. The lowest BCUT2D eigenvalue weighted by Crippen LogP contribution is -2.04. The van der Waals surface area contributed by atoms with E-state index in [2.05, 4.69) is 6.92 Å². The Balaban J connectivity index is 1.87. The Hall–Kier alpha value is -2.10. The fourth-order valence-electron chi connectivity index (χ4n) is 3.51. The maximum Gasteiger partial charge on any atom is 0.194 e. The van der Waals surface area contributed by atoms with Gasteiger partial charge in [-0.2, -0.15) is 0 Å². The third-order valence-corrected chi connectivity index (χ3v) is 4.98. The van der Waals surface area contributed by atoms with Gasteiger partial charge in [0.15, 0.2) is 17.5 Å². The van der Waals surface area contributed by atoms with Crippen molar-refractivity contribution >= 4 is 6.08 Å². The van der Waals surface area contributed by atoms with E-state index in [0.717, 1.165) is 37.0 Å². The molecule has 0 radical (unpaired) electrons. The van der Waals surface area contributed by atoms with E-state index < -0.39 is 23.3 Å². The number of hydrogen-bond donors (Lipinski definition) is 0. The van der Waals surface area contributed by atoms with Crippen molar-refractivity contribution in [2.75, 3.05) is 0 Å². The quantitative estimate of drug-likeness (QED) is 0.289. The third-order valence-electron chi connectivity index (χ3n) is 4.98. The molecule has 0 saturated heterocycles. The number of unbranched alkanes of at least 4 members (excludes halogenated alkanes) is 3. The van der Waals surface area contributed by atoms with Gasteiger partial charge in [0.1, 0.15) is 5.82 Å². The number of halogens is 4. The highest BCUT2D eigenvalue weighted by molar-refractivity contribution is 5.70. The van der Waals surface area contributed by atoms with Crippen LogP contribution in [0.25, 0.3) is 17.2 Å². The van der Waals surface area contributed by atoms with Crippen molar-refractivity contribution in [1.82, 2.24) is 0 Å². The van der Waals surface area contributed by atoms with Gasteiger partial charge in [0, 0.05) is 5.56 Å². The average Bonchev–Trinajstić information content (AvgIpc) is 2.63. The van der Waals surface area contributed by atoms with Crippen LogP contribution in [0.1, 0.15) is 56.6 Å². The minimum absolute atomic E-state index is 0.0102. The van der Waals surface area contributed by atoms with E-state index in [1.807, 2.05) is 6.08 Å². The first kappa shape index (κ1) is 18.7. The van der Waals surface area contributed by atoms with Crippen molar-refractivity contribution in [3.05, 3.63) is 64.2 Å². The maximum absolute atomic E-state index is 14.9. The first-order chi connectivity index (χ1) is 12.5. The van der Waals surface area contributed by atoms with Crippen molar-refractivity contribution in [2.45, 2.75) is 51.9 Å². The molecule has 26 heavy (non-hydrogen) atoms. The second-order valence-corrected chi connectivity index (χ2v) is 6.86. The standard InChI is InChI=1S/C22H22F4/c1-2-3-4-5-6-14-7-9-17-15(11-14)8-10-18(21(17)25)16-12-19(23)22(26)20(24)13-16/h8,10-13H,2-7,9H2,1H3. The predicted molar refractivity (Wildman–Crippen MR) is 96.8 cm³/mol. The maximum atomic E-state index is 14.9. The monoisotopic (exact) mass is 362 g/mol. The van der Waals surface area contributed by atoms with Crippen LogP contribution in [0, 0.1) is 23.3 Å². The number of benzene rings is 2. The molecular weight excluding hydrogens is 340 g/mol. The fraction of sp³-hybridized carbons (Fsp3) is 0.364. The summed E-state index contributed by atoms with van der Waals surface area (Å²) in [7, 11) is 0. The summed E-state index contributed by atoms with van der Waals surface area (Å²) in [4.78, 5) is 0. The molecular formula is C22H22F4. The van der Waals surface area contributed by atoms with Crippen LogP contribution in [-0.4, -0.2) is 0 Å². The van der Waals surface area contributed by atoms with E-state index in [1.54, 1.807) is 6.07 Å². The second-order valence-electron chi connectivity index (χ2n) is 6.86. The molecule has 0 bridgehead atoms. The van der Waals surface area contributed by atoms with Crippen LogP contribution in [0.2, 0.25) is 0 Å². The van der Waals surface area contributed by atoms with Crippen LogP contribution in [0.5, 0.6) is 0 Å². The van der Waals surface area contributed by atoms with E-state index in [9.17, 15) is 17.6 Å². The Morgan fingerprint density at radius 2 is 1.58 bits per heavy atom. The van der Waals surface area contributed by atoms with Gasteiger partial charge in [0.05, 0.1) is 0 Å². The van der Waals surface area contributed by atoms with Gasteiger partial charge in [-0.3, -0.25) is 0 Å². The van der Waals surface area contributed by atoms with E-state index in [-0.39, 0.29) is 11.1 Å². The molecule has 2 aromatic rings. The summed E-state index contributed by atoms with van der Waals surface area (Å²) in [6, 6.07) is 4.96. The summed E-state index contributed by atoms with van der Waals surface area (Å²) in [6.07, 6.45) is 9.19. The molecule has 138 valence electrons. The zero-order chi connectivity index (χ0) is 18.7. The largest absolute Gasteiger partial charge is 0.206 e. The van der Waals surface area contributed by atoms with Gasteiger partial charge in [-0.15, -0.1) is 0 Å². The Morgan fingerprint density at radius 1 is 0.846 bits per heavy atom. The van der Waals surface area contributed by atoms with Crippen LogP contribution in [-0.2, 0) is 6.42 Å². The van der Waals surface area contributed by atoms with Gasteiger partial charge in [-0.1, -0.05) is 50.0 Å². The molecule has 0 spiro atoms. The van der Waals surface area contributed by atoms with Crippen LogP contribution < -0.4 is 0 Å². The van der Waals surface area contributed by atoms with E-state index in [4.69, 9.17) is 0 Å². The molecule has 0 amide bonds. The first-order valence-corrected chi connectivity index (χ1v) is 9.17. The molecule has 0 saturated carbocycles. The third kappa shape index (κ3) is 3.84. The number of rotatable bonds is 6. The second kappa shape index (κ2) is 8.07. The molecule has 3 rings (SSSR count). The van der Waals surface area contributed by atoms with Crippen molar-refractivity contribution in [3.63, 3.8) is 0 Å². The molecule has 0 atom stereocenters. The van der Waals surface area contributed by atoms with Gasteiger partial charge in [0.25, 0.3) is 0 Å². The number of hydrogen-bond acceptors (Lipinski definition) is 0. The van der Waals surface area contributed by atoms with Gasteiger partial charge in [-0.05, 0) is 54.5 Å². The molecule has 4 heteroatoms. The lowest BCUT2D eigenvalue weighted by molar-refractivity contribution is 0.447. The molecule has 2 aromatic carbocycles. The van der Waals surface area contributed by atoms with Crippen molar-refractivity contribution < 1.29 is 17.6 Å². The number of fused-ring (bicyclic) bond motifs is 1. The molecule has 1 aliphatic carbocycles. The lowest BCUT2D eigenvalue weighted by Gasteiger charge is -2.19. The zero-order valence-electron chi connectivity index (χ0n) is 14.8. The van der Waals surface area contributed by atoms with Crippen LogP contribution >= 0.6 is 0 Å². The molecule has 0 unspecified atom stereocenters. The highest BCUT2D eigenvalue weighted by atomic mass is 19.2. The molecule has 0 fully saturated rings. The zero-order valence-corrected chi connectivity index (χ0v) is 14.8. The van der Waals surface area contributed by atoms with Crippen molar-refractivity contribution in [1.29, 1.82) is 0 Å². The minimum atomic E-state index is -1.54. The molecule has 0 aromatic heterocycles. The van der Waals surface area contributed by atoms with Crippen LogP contribution in [0.3, 0.4) is 0 Å². The molecule has 1 aliphatic rings. The molecule has 0 N–H and O–H groups in total. The van der Waals surface area contributed by atoms with Gasteiger partial charge in [0.2, 0.25) is 0 Å². The van der Waals surface area contributed by atoms with E-state index in [1.165, 1.54) is 30.9 Å². The van der Waals surface area contributed by atoms with Crippen LogP contribution in [0.4, 0.5) is 17.6 Å². The van der Waals surface area contributed by atoms with Gasteiger partial charge < -0.3 is 0 Å². The Kier molecular flexibility index (Phi) is 5.80. The summed E-state index contributed by atoms with van der Waals surface area (Å²) in [5.41, 5.74) is 2.81. The molecule has 0 aliphatic heterocycles. The predicted octanol–water partition coefficient (Wildman–Crippen LogP) is 7.21. The van der Waals surface area contributed by atoms with Gasteiger partial charge >= 0.3 is 0 Å². The Labute approximate surface area is 151 Å². The Bertz CT molecular complexity index is 813. The normalized spacial score (nSPS) is 13.5. The molecule has 0 nitrogen and oxygen atoms in total. The summed E-state index contributed by atoms with van der Waals surface area (Å²) < 4.78 is 55.0. The SMILES string of the molecule is CCCCCCC1=Cc2ccc(-c3cc(F)c(F)c(F)c3)c(F)c2CC1. The highest BCUT2D eigenvalue weighted by Gasteiger charge is 2.20.